The highest BCUT2D eigenvalue weighted by Crippen LogP contribution is 2.32. The van der Waals surface area contributed by atoms with E-state index in [0.29, 0.717) is 5.75 Å². The van der Waals surface area contributed by atoms with Gasteiger partial charge in [-0.05, 0) is 30.3 Å². The number of rotatable bonds is 4. The van der Waals surface area contributed by atoms with Gasteiger partial charge in [-0.3, -0.25) is 4.79 Å². The van der Waals surface area contributed by atoms with Crippen LogP contribution in [-0.4, -0.2) is 12.3 Å². The summed E-state index contributed by atoms with van der Waals surface area (Å²) in [5.74, 6) is 1.44. The maximum atomic E-state index is 11.4. The summed E-state index contributed by atoms with van der Waals surface area (Å²) in [5, 5.41) is 3.10. The number of hydrogen-bond donors (Lipinski definition) is 1. The lowest BCUT2D eigenvalue weighted by atomic mass is 10.1. The van der Waals surface area contributed by atoms with Crippen LogP contribution in [0.4, 0.5) is 11.4 Å². The first-order valence-electron chi connectivity index (χ1n) is 8.21. The first-order chi connectivity index (χ1) is 12.8. The van der Waals surface area contributed by atoms with Gasteiger partial charge in [-0.25, -0.2) is 0 Å². The minimum atomic E-state index is -0.671. The Hall–Kier alpha value is -3.60. The molecule has 1 N–H and O–H groups in total. The molecule has 1 aliphatic rings. The molecule has 5 nitrogen and oxygen atoms in total. The predicted octanol–water partition coefficient (Wildman–Crippen LogP) is 4.85. The Kier molecular flexibility index (Phi) is 4.35. The van der Waals surface area contributed by atoms with E-state index in [4.69, 9.17) is 9.47 Å². The van der Waals surface area contributed by atoms with E-state index in [1.54, 1.807) is 0 Å². The second-order valence-electron chi connectivity index (χ2n) is 5.72. The molecule has 4 rings (SSSR count). The van der Waals surface area contributed by atoms with Crippen LogP contribution in [0.25, 0.3) is 0 Å². The van der Waals surface area contributed by atoms with Crippen molar-refractivity contribution in [2.45, 2.75) is 6.10 Å². The van der Waals surface area contributed by atoms with Gasteiger partial charge in [-0.1, -0.05) is 42.5 Å². The Morgan fingerprint density at radius 1 is 0.923 bits per heavy atom. The number of nitrogens with zero attached hydrogens (tertiary/aromatic N) is 1. The summed E-state index contributed by atoms with van der Waals surface area (Å²) in [7, 11) is 0. The van der Waals surface area contributed by atoms with Gasteiger partial charge in [0.2, 0.25) is 0 Å². The van der Waals surface area contributed by atoms with Gasteiger partial charge in [0.1, 0.15) is 11.5 Å². The minimum Gasteiger partial charge on any atom is -0.457 e. The van der Waals surface area contributed by atoms with E-state index in [1.165, 1.54) is 0 Å². The molecule has 128 valence electrons. The highest BCUT2D eigenvalue weighted by atomic mass is 16.5. The largest absolute Gasteiger partial charge is 0.457 e. The van der Waals surface area contributed by atoms with Crippen LogP contribution >= 0.6 is 0 Å². The molecule has 26 heavy (non-hydrogen) atoms. The Bertz CT molecular complexity index is 954. The number of para-hydroxylation sites is 2. The summed E-state index contributed by atoms with van der Waals surface area (Å²) in [6, 6.07) is 24.7. The fourth-order valence-corrected chi connectivity index (χ4v) is 2.69. The van der Waals surface area contributed by atoms with Crippen LogP contribution in [0.5, 0.6) is 11.5 Å². The van der Waals surface area contributed by atoms with Gasteiger partial charge in [0.25, 0.3) is 6.02 Å². The lowest BCUT2D eigenvalue weighted by molar-refractivity contribution is -0.114. The monoisotopic (exact) mass is 344 g/mol. The number of benzene rings is 3. The van der Waals surface area contributed by atoms with Gasteiger partial charge in [-0.15, -0.1) is 0 Å². The Morgan fingerprint density at radius 2 is 1.69 bits per heavy atom. The lowest BCUT2D eigenvalue weighted by Crippen LogP contribution is -2.23. The van der Waals surface area contributed by atoms with E-state index >= 15 is 0 Å². The summed E-state index contributed by atoms with van der Waals surface area (Å²) in [4.78, 5) is 15.8. The van der Waals surface area contributed by atoms with Crippen LogP contribution in [0.3, 0.4) is 0 Å². The average Bonchev–Trinajstić information content (AvgIpc) is 2.68. The summed E-state index contributed by atoms with van der Waals surface area (Å²) < 4.78 is 11.5. The molecule has 0 amide bonds. The number of amidine groups is 1. The highest BCUT2D eigenvalue weighted by molar-refractivity contribution is 5.94. The molecule has 0 saturated carbocycles. The molecular weight excluding hydrogens is 328 g/mol. The number of carbonyl (C=O) groups excluding carboxylic acids is 1. The number of carbonyl (C=O) groups is 1. The van der Waals surface area contributed by atoms with E-state index in [1.807, 2.05) is 78.9 Å². The topological polar surface area (TPSA) is 59.9 Å². The molecule has 1 unspecified atom stereocenters. The van der Waals surface area contributed by atoms with Gasteiger partial charge >= 0.3 is 0 Å². The molecule has 1 aliphatic heterocycles. The highest BCUT2D eigenvalue weighted by Gasteiger charge is 2.23. The zero-order valence-electron chi connectivity index (χ0n) is 13.8. The van der Waals surface area contributed by atoms with E-state index in [9.17, 15) is 4.79 Å². The van der Waals surface area contributed by atoms with Crippen molar-refractivity contribution in [3.05, 3.63) is 84.4 Å². The summed E-state index contributed by atoms with van der Waals surface area (Å²) in [6.45, 7) is 0. The van der Waals surface area contributed by atoms with Crippen molar-refractivity contribution in [3.63, 3.8) is 0 Å². The molecule has 0 aromatic heterocycles. The van der Waals surface area contributed by atoms with Crippen LogP contribution < -0.4 is 10.1 Å². The summed E-state index contributed by atoms with van der Waals surface area (Å²) in [6.07, 6.45) is 0.0966. The predicted molar refractivity (Wildman–Crippen MR) is 100 cm³/mol. The lowest BCUT2D eigenvalue weighted by Gasteiger charge is -2.22. The summed E-state index contributed by atoms with van der Waals surface area (Å²) >= 11 is 0. The molecule has 5 heteroatoms. The van der Waals surface area contributed by atoms with Crippen LogP contribution in [0.15, 0.2) is 83.9 Å². The fourth-order valence-electron chi connectivity index (χ4n) is 2.69. The van der Waals surface area contributed by atoms with E-state index < -0.39 is 6.10 Å². The Balaban J connectivity index is 1.55. The standard InChI is InChI=1S/C21H16N2O3/c24-14-20-18-11-4-5-12-19(18)23-21(26-20)22-15-7-6-10-17(13-15)25-16-8-2-1-3-9-16/h1-14,20H,(H,22,23). The number of ether oxygens (including phenoxy) is 2. The second-order valence-corrected chi connectivity index (χ2v) is 5.72. The van der Waals surface area contributed by atoms with Crippen molar-refractivity contribution in [2.24, 2.45) is 4.99 Å². The Morgan fingerprint density at radius 3 is 2.54 bits per heavy atom. The molecule has 1 heterocycles. The number of nitrogens with one attached hydrogen (secondary N) is 1. The van der Waals surface area contributed by atoms with Crippen molar-refractivity contribution in [2.75, 3.05) is 5.32 Å². The van der Waals surface area contributed by atoms with Gasteiger partial charge in [0.05, 0.1) is 5.69 Å². The third-order valence-electron chi connectivity index (χ3n) is 3.89. The van der Waals surface area contributed by atoms with Gasteiger partial charge in [0, 0.05) is 17.3 Å². The zero-order chi connectivity index (χ0) is 17.8. The number of anilines is 1. The van der Waals surface area contributed by atoms with Crippen LogP contribution in [0.1, 0.15) is 11.7 Å². The first-order valence-corrected chi connectivity index (χ1v) is 8.21. The molecule has 0 radical (unpaired) electrons. The van der Waals surface area contributed by atoms with Crippen LogP contribution in [0, 0.1) is 0 Å². The molecule has 1 atom stereocenters. The Labute approximate surface area is 150 Å². The molecule has 3 aromatic carbocycles. The van der Waals surface area contributed by atoms with Crippen molar-refractivity contribution in [1.29, 1.82) is 0 Å². The van der Waals surface area contributed by atoms with Gasteiger partial charge in [-0.2, -0.15) is 4.99 Å². The fraction of sp³-hybridized carbons (Fsp3) is 0.0476. The van der Waals surface area contributed by atoms with Crippen molar-refractivity contribution < 1.29 is 14.3 Å². The first kappa shape index (κ1) is 15.9. The van der Waals surface area contributed by atoms with Crippen molar-refractivity contribution in [1.82, 2.24) is 0 Å². The maximum Gasteiger partial charge on any atom is 0.295 e. The van der Waals surface area contributed by atoms with E-state index in [0.717, 1.165) is 29.0 Å². The summed E-state index contributed by atoms with van der Waals surface area (Å²) in [5.41, 5.74) is 2.23. The molecular formula is C21H16N2O3. The second kappa shape index (κ2) is 7.11. The van der Waals surface area contributed by atoms with Crippen LogP contribution in [-0.2, 0) is 9.53 Å². The van der Waals surface area contributed by atoms with Crippen LogP contribution in [0.2, 0.25) is 0 Å². The normalized spacial score (nSPS) is 15.2. The van der Waals surface area contributed by atoms with Gasteiger partial charge in [0.15, 0.2) is 12.4 Å². The maximum absolute atomic E-state index is 11.4. The van der Waals surface area contributed by atoms with Crippen molar-refractivity contribution in [3.8, 4) is 11.5 Å². The smallest absolute Gasteiger partial charge is 0.295 e. The molecule has 3 aromatic rings. The van der Waals surface area contributed by atoms with Crippen molar-refractivity contribution >= 4 is 23.7 Å². The van der Waals surface area contributed by atoms with Gasteiger partial charge < -0.3 is 14.8 Å². The third-order valence-corrected chi connectivity index (χ3v) is 3.89. The number of aldehydes is 1. The van der Waals surface area contributed by atoms with E-state index in [2.05, 4.69) is 10.3 Å². The number of fused-ring (bicyclic) bond motifs is 1. The molecule has 0 fully saturated rings. The quantitative estimate of drug-likeness (QED) is 0.688. The molecule has 0 aliphatic carbocycles. The molecule has 0 saturated heterocycles. The number of hydrogen-bond acceptors (Lipinski definition) is 5. The third kappa shape index (κ3) is 3.42. The molecule has 0 bridgehead atoms. The average molecular weight is 344 g/mol. The zero-order valence-corrected chi connectivity index (χ0v) is 13.8. The molecule has 0 spiro atoms. The SMILES string of the molecule is O=CC1OC(Nc2cccc(Oc3ccccc3)c2)=Nc2ccccc21. The minimum absolute atomic E-state index is 0.276. The number of aliphatic imine (C=N–C) groups is 1. The van der Waals surface area contributed by atoms with E-state index in [-0.39, 0.29) is 6.02 Å².